The van der Waals surface area contributed by atoms with Crippen molar-refractivity contribution in [2.45, 2.75) is 18.9 Å². The fourth-order valence-electron chi connectivity index (χ4n) is 2.50. The standard InChI is InChI=1S/C15H22N4O2.2ClH/c16-9-14(20)17-10-15(21)18-12-5-4-8-19(11-12)13-6-2-1-3-7-13;;/h1-3,6-7,12H,4-5,8-11,16H2,(H,17,20)(H,18,21);2*1H. The summed E-state index contributed by atoms with van der Waals surface area (Å²) < 4.78 is 0. The number of benzene rings is 1. The molecule has 1 saturated heterocycles. The molecule has 1 aliphatic heterocycles. The number of piperidine rings is 1. The van der Waals surface area contributed by atoms with Gasteiger partial charge < -0.3 is 21.3 Å². The van der Waals surface area contributed by atoms with E-state index in [2.05, 4.69) is 27.7 Å². The van der Waals surface area contributed by atoms with Crippen LogP contribution in [0.3, 0.4) is 0 Å². The van der Waals surface area contributed by atoms with Crippen molar-refractivity contribution in [2.75, 3.05) is 31.1 Å². The second-order valence-electron chi connectivity index (χ2n) is 5.17. The molecule has 1 unspecified atom stereocenters. The Morgan fingerprint density at radius 3 is 2.52 bits per heavy atom. The van der Waals surface area contributed by atoms with Crippen LogP contribution in [-0.4, -0.2) is 44.0 Å². The molecule has 2 rings (SSSR count). The van der Waals surface area contributed by atoms with Gasteiger partial charge in [0, 0.05) is 24.8 Å². The summed E-state index contributed by atoms with van der Waals surface area (Å²) in [4.78, 5) is 25.1. The van der Waals surface area contributed by atoms with Crippen molar-refractivity contribution in [3.05, 3.63) is 30.3 Å². The fraction of sp³-hybridized carbons (Fsp3) is 0.467. The lowest BCUT2D eigenvalue weighted by atomic mass is 10.0. The first-order chi connectivity index (χ1) is 10.2. The molecule has 1 heterocycles. The third-order valence-corrected chi connectivity index (χ3v) is 3.54. The Hall–Kier alpha value is -1.50. The normalized spacial score (nSPS) is 16.6. The van der Waals surface area contributed by atoms with Gasteiger partial charge in [-0.1, -0.05) is 18.2 Å². The van der Waals surface area contributed by atoms with Crippen LogP contribution < -0.4 is 21.3 Å². The number of nitrogens with zero attached hydrogens (tertiary/aromatic N) is 1. The number of amides is 2. The summed E-state index contributed by atoms with van der Waals surface area (Å²) in [6.45, 7) is 1.68. The number of nitrogens with two attached hydrogens (primary N) is 1. The summed E-state index contributed by atoms with van der Waals surface area (Å²) in [5, 5.41) is 5.44. The van der Waals surface area contributed by atoms with Crippen molar-refractivity contribution in [1.29, 1.82) is 0 Å². The van der Waals surface area contributed by atoms with Gasteiger partial charge in [0.25, 0.3) is 0 Å². The molecule has 0 saturated carbocycles. The number of para-hydroxylation sites is 1. The molecule has 6 nitrogen and oxygen atoms in total. The Morgan fingerprint density at radius 2 is 1.87 bits per heavy atom. The van der Waals surface area contributed by atoms with E-state index in [0.717, 1.165) is 25.9 Å². The molecule has 0 aliphatic carbocycles. The Morgan fingerprint density at radius 1 is 1.17 bits per heavy atom. The van der Waals surface area contributed by atoms with Crippen LogP contribution in [-0.2, 0) is 9.59 Å². The molecule has 130 valence electrons. The lowest BCUT2D eigenvalue weighted by Crippen LogP contribution is -2.50. The Kier molecular flexibility index (Phi) is 10.4. The number of hydrogen-bond donors (Lipinski definition) is 3. The predicted octanol–water partition coefficient (Wildman–Crippen LogP) is 0.690. The van der Waals surface area contributed by atoms with E-state index in [9.17, 15) is 9.59 Å². The first kappa shape index (κ1) is 21.5. The van der Waals surface area contributed by atoms with Gasteiger partial charge in [-0.25, -0.2) is 0 Å². The molecule has 0 aromatic heterocycles. The molecule has 1 fully saturated rings. The molecule has 0 bridgehead atoms. The predicted molar refractivity (Wildman–Crippen MR) is 96.4 cm³/mol. The van der Waals surface area contributed by atoms with Crippen LogP contribution in [0.1, 0.15) is 12.8 Å². The first-order valence-corrected chi connectivity index (χ1v) is 7.25. The minimum atomic E-state index is -0.320. The smallest absolute Gasteiger partial charge is 0.239 e. The van der Waals surface area contributed by atoms with Crippen LogP contribution in [0.5, 0.6) is 0 Å². The van der Waals surface area contributed by atoms with Crippen molar-refractivity contribution in [3.8, 4) is 0 Å². The van der Waals surface area contributed by atoms with E-state index in [0.29, 0.717) is 0 Å². The maximum atomic E-state index is 11.8. The number of carbonyl (C=O) groups excluding carboxylic acids is 2. The summed E-state index contributed by atoms with van der Waals surface area (Å²) in [6, 6.07) is 10.3. The van der Waals surface area contributed by atoms with E-state index >= 15 is 0 Å². The molecule has 0 spiro atoms. The van der Waals surface area contributed by atoms with Crippen LogP contribution in [0.4, 0.5) is 5.69 Å². The van der Waals surface area contributed by atoms with E-state index in [1.54, 1.807) is 0 Å². The maximum Gasteiger partial charge on any atom is 0.239 e. The van der Waals surface area contributed by atoms with Crippen LogP contribution in [0.15, 0.2) is 30.3 Å². The monoisotopic (exact) mass is 362 g/mol. The van der Waals surface area contributed by atoms with Crippen LogP contribution in [0.2, 0.25) is 0 Å². The lowest BCUT2D eigenvalue weighted by molar-refractivity contribution is -0.125. The van der Waals surface area contributed by atoms with Crippen molar-refractivity contribution in [3.63, 3.8) is 0 Å². The molecule has 4 N–H and O–H groups in total. The summed E-state index contributed by atoms with van der Waals surface area (Å²) in [6.07, 6.45) is 1.99. The zero-order chi connectivity index (χ0) is 15.1. The number of carbonyl (C=O) groups is 2. The quantitative estimate of drug-likeness (QED) is 0.718. The van der Waals surface area contributed by atoms with Crippen LogP contribution in [0, 0.1) is 0 Å². The highest BCUT2D eigenvalue weighted by Gasteiger charge is 2.21. The zero-order valence-corrected chi connectivity index (χ0v) is 14.5. The average molecular weight is 363 g/mol. The highest BCUT2D eigenvalue weighted by molar-refractivity contribution is 5.86. The second kappa shape index (κ2) is 11.1. The molecule has 0 radical (unpaired) electrons. The zero-order valence-electron chi connectivity index (χ0n) is 12.9. The maximum absolute atomic E-state index is 11.8. The average Bonchev–Trinajstić information content (AvgIpc) is 2.53. The summed E-state index contributed by atoms with van der Waals surface area (Å²) in [5.41, 5.74) is 6.35. The minimum absolute atomic E-state index is 0. The molecule has 1 aromatic carbocycles. The van der Waals surface area contributed by atoms with E-state index in [4.69, 9.17) is 5.73 Å². The van der Waals surface area contributed by atoms with Crippen molar-refractivity contribution in [1.82, 2.24) is 10.6 Å². The molecule has 8 heteroatoms. The number of anilines is 1. The largest absolute Gasteiger partial charge is 0.369 e. The van der Waals surface area contributed by atoms with Crippen molar-refractivity contribution in [2.24, 2.45) is 5.73 Å². The van der Waals surface area contributed by atoms with E-state index < -0.39 is 0 Å². The number of hydrogen-bond acceptors (Lipinski definition) is 4. The molecule has 23 heavy (non-hydrogen) atoms. The topological polar surface area (TPSA) is 87.5 Å². The lowest BCUT2D eigenvalue weighted by Gasteiger charge is -2.34. The summed E-state index contributed by atoms with van der Waals surface area (Å²) >= 11 is 0. The van der Waals surface area contributed by atoms with Gasteiger partial charge in [-0.15, -0.1) is 24.8 Å². The van der Waals surface area contributed by atoms with Gasteiger partial charge in [0.15, 0.2) is 0 Å². The number of nitrogens with one attached hydrogen (secondary N) is 2. The third-order valence-electron chi connectivity index (χ3n) is 3.54. The van der Waals surface area contributed by atoms with Crippen molar-refractivity contribution >= 4 is 42.3 Å². The van der Waals surface area contributed by atoms with Crippen LogP contribution in [0.25, 0.3) is 0 Å². The van der Waals surface area contributed by atoms with Gasteiger partial charge in [-0.05, 0) is 25.0 Å². The molecular formula is C15H24Cl2N4O2. The van der Waals surface area contributed by atoms with E-state index in [1.165, 1.54) is 5.69 Å². The van der Waals surface area contributed by atoms with Gasteiger partial charge in [0.2, 0.25) is 11.8 Å². The molecule has 2 amide bonds. The van der Waals surface area contributed by atoms with E-state index in [1.807, 2.05) is 18.2 Å². The molecular weight excluding hydrogens is 339 g/mol. The van der Waals surface area contributed by atoms with Crippen LogP contribution >= 0.6 is 24.8 Å². The van der Waals surface area contributed by atoms with E-state index in [-0.39, 0.29) is 55.8 Å². The highest BCUT2D eigenvalue weighted by atomic mass is 35.5. The van der Waals surface area contributed by atoms with Gasteiger partial charge in [0.1, 0.15) is 0 Å². The highest BCUT2D eigenvalue weighted by Crippen LogP contribution is 2.19. The minimum Gasteiger partial charge on any atom is -0.369 e. The Labute approximate surface area is 149 Å². The summed E-state index contributed by atoms with van der Waals surface area (Å²) in [7, 11) is 0. The number of rotatable bonds is 5. The third kappa shape index (κ3) is 7.07. The van der Waals surface area contributed by atoms with Crippen molar-refractivity contribution < 1.29 is 9.59 Å². The van der Waals surface area contributed by atoms with Gasteiger partial charge in [-0.3, -0.25) is 9.59 Å². The first-order valence-electron chi connectivity index (χ1n) is 7.25. The molecule has 1 atom stereocenters. The second-order valence-corrected chi connectivity index (χ2v) is 5.17. The Bertz CT molecular complexity index is 488. The van der Waals surface area contributed by atoms with Gasteiger partial charge in [-0.2, -0.15) is 0 Å². The van der Waals surface area contributed by atoms with Gasteiger partial charge in [0.05, 0.1) is 13.1 Å². The fourth-order valence-corrected chi connectivity index (χ4v) is 2.50. The Balaban J connectivity index is 0.00000242. The molecule has 1 aliphatic rings. The number of halogens is 2. The SMILES string of the molecule is Cl.Cl.NCC(=O)NCC(=O)NC1CCCN(c2ccccc2)C1. The van der Waals surface area contributed by atoms with Gasteiger partial charge >= 0.3 is 0 Å². The molecule has 1 aromatic rings. The summed E-state index contributed by atoms with van der Waals surface area (Å²) in [5.74, 6) is -0.489.